The highest BCUT2D eigenvalue weighted by molar-refractivity contribution is 8.13. The molecular weight excluding hydrogens is 188 g/mol. The van der Waals surface area contributed by atoms with E-state index in [2.05, 4.69) is 0 Å². The van der Waals surface area contributed by atoms with E-state index in [1.807, 2.05) is 6.92 Å². The summed E-state index contributed by atoms with van der Waals surface area (Å²) in [4.78, 5) is 0. The first-order chi connectivity index (χ1) is 4.95. The molecule has 0 saturated carbocycles. The average Bonchev–Trinajstić information content (AvgIpc) is 1.79. The summed E-state index contributed by atoms with van der Waals surface area (Å²) in [5.74, 6) is 0.0928. The molecule has 0 aliphatic carbocycles. The maximum Gasteiger partial charge on any atom is 0.232 e. The van der Waals surface area contributed by atoms with Crippen molar-refractivity contribution in [2.75, 3.05) is 19.5 Å². The van der Waals surface area contributed by atoms with Gasteiger partial charge in [0, 0.05) is 24.4 Å². The standard InChI is InChI=1S/C6H13ClO3S/c1-6(3-4-10-2)5-11(7,8)9/h6H,3-5H2,1-2H3. The van der Waals surface area contributed by atoms with Gasteiger partial charge in [0.1, 0.15) is 0 Å². The fourth-order valence-electron chi connectivity index (χ4n) is 0.742. The van der Waals surface area contributed by atoms with Crippen LogP contribution in [0.4, 0.5) is 0 Å². The Labute approximate surface area is 72.1 Å². The van der Waals surface area contributed by atoms with Gasteiger partial charge in [-0.2, -0.15) is 0 Å². The molecule has 0 amide bonds. The van der Waals surface area contributed by atoms with Crippen LogP contribution in [0, 0.1) is 5.92 Å². The number of ether oxygens (including phenoxy) is 1. The maximum atomic E-state index is 10.5. The predicted molar refractivity (Wildman–Crippen MR) is 45.3 cm³/mol. The van der Waals surface area contributed by atoms with Gasteiger partial charge in [-0.15, -0.1) is 0 Å². The molecule has 0 spiro atoms. The van der Waals surface area contributed by atoms with Crippen LogP contribution in [0.1, 0.15) is 13.3 Å². The van der Waals surface area contributed by atoms with Gasteiger partial charge in [-0.25, -0.2) is 8.42 Å². The molecule has 11 heavy (non-hydrogen) atoms. The molecule has 3 nitrogen and oxygen atoms in total. The van der Waals surface area contributed by atoms with E-state index in [9.17, 15) is 8.42 Å². The zero-order valence-corrected chi connectivity index (χ0v) is 8.28. The predicted octanol–water partition coefficient (Wildman–Crippen LogP) is 1.23. The Morgan fingerprint density at radius 1 is 1.55 bits per heavy atom. The molecule has 0 heterocycles. The summed E-state index contributed by atoms with van der Waals surface area (Å²) in [7, 11) is 3.29. The number of hydrogen-bond donors (Lipinski definition) is 0. The molecule has 68 valence electrons. The fourth-order valence-corrected chi connectivity index (χ4v) is 2.23. The Morgan fingerprint density at radius 3 is 2.45 bits per heavy atom. The minimum Gasteiger partial charge on any atom is -0.385 e. The van der Waals surface area contributed by atoms with Crippen molar-refractivity contribution in [3.05, 3.63) is 0 Å². The average molecular weight is 201 g/mol. The van der Waals surface area contributed by atoms with E-state index in [1.165, 1.54) is 0 Å². The number of rotatable bonds is 5. The van der Waals surface area contributed by atoms with Crippen LogP contribution >= 0.6 is 10.7 Å². The van der Waals surface area contributed by atoms with Gasteiger partial charge < -0.3 is 4.74 Å². The quantitative estimate of drug-likeness (QED) is 0.627. The Balaban J connectivity index is 3.61. The summed E-state index contributed by atoms with van der Waals surface area (Å²) in [6.07, 6.45) is 0.725. The fraction of sp³-hybridized carbons (Fsp3) is 1.00. The van der Waals surface area contributed by atoms with Crippen LogP contribution < -0.4 is 0 Å². The van der Waals surface area contributed by atoms with Crippen LogP contribution in [0.5, 0.6) is 0 Å². The Morgan fingerprint density at radius 2 is 2.09 bits per heavy atom. The van der Waals surface area contributed by atoms with Crippen LogP contribution in [0.2, 0.25) is 0 Å². The number of hydrogen-bond acceptors (Lipinski definition) is 3. The van der Waals surface area contributed by atoms with Gasteiger partial charge >= 0.3 is 0 Å². The molecule has 1 atom stereocenters. The lowest BCUT2D eigenvalue weighted by Gasteiger charge is -2.06. The van der Waals surface area contributed by atoms with E-state index < -0.39 is 9.05 Å². The van der Waals surface area contributed by atoms with E-state index in [4.69, 9.17) is 15.4 Å². The monoisotopic (exact) mass is 200 g/mol. The Hall–Kier alpha value is 0.200. The molecule has 0 aromatic carbocycles. The maximum absolute atomic E-state index is 10.5. The van der Waals surface area contributed by atoms with E-state index in [0.29, 0.717) is 6.61 Å². The summed E-state index contributed by atoms with van der Waals surface area (Å²) < 4.78 is 25.8. The van der Waals surface area contributed by atoms with E-state index >= 15 is 0 Å². The van der Waals surface area contributed by atoms with Crippen LogP contribution in [0.3, 0.4) is 0 Å². The van der Waals surface area contributed by atoms with E-state index in [0.717, 1.165) is 6.42 Å². The second-order valence-electron chi connectivity index (χ2n) is 2.59. The van der Waals surface area contributed by atoms with Crippen molar-refractivity contribution in [1.82, 2.24) is 0 Å². The van der Waals surface area contributed by atoms with Crippen LogP contribution in [-0.2, 0) is 13.8 Å². The van der Waals surface area contributed by atoms with Crippen LogP contribution in [0.15, 0.2) is 0 Å². The minimum absolute atomic E-state index is 0.0257. The van der Waals surface area contributed by atoms with E-state index in [1.54, 1.807) is 7.11 Å². The second-order valence-corrected chi connectivity index (χ2v) is 5.41. The lowest BCUT2D eigenvalue weighted by molar-refractivity contribution is 0.183. The zero-order valence-electron chi connectivity index (χ0n) is 6.71. The third kappa shape index (κ3) is 8.10. The third-order valence-corrected chi connectivity index (χ3v) is 2.64. The van der Waals surface area contributed by atoms with Gasteiger partial charge in [0.2, 0.25) is 9.05 Å². The number of methoxy groups -OCH3 is 1. The Kier molecular flexibility index (Phi) is 5.04. The highest BCUT2D eigenvalue weighted by Crippen LogP contribution is 2.08. The largest absolute Gasteiger partial charge is 0.385 e. The van der Waals surface area contributed by atoms with Gasteiger partial charge in [0.05, 0.1) is 5.75 Å². The molecule has 0 radical (unpaired) electrons. The first-order valence-corrected chi connectivity index (χ1v) is 5.85. The summed E-state index contributed by atoms with van der Waals surface area (Å²) in [6.45, 7) is 2.41. The van der Waals surface area contributed by atoms with Crippen LogP contribution in [0.25, 0.3) is 0 Å². The molecule has 0 aliphatic heterocycles. The lowest BCUT2D eigenvalue weighted by atomic mass is 10.1. The summed E-state index contributed by atoms with van der Waals surface area (Å²) in [5, 5.41) is 0. The summed E-state index contributed by atoms with van der Waals surface area (Å²) in [5.41, 5.74) is 0. The molecule has 0 aromatic heterocycles. The molecule has 0 bridgehead atoms. The van der Waals surface area contributed by atoms with Crippen LogP contribution in [-0.4, -0.2) is 27.9 Å². The zero-order chi connectivity index (χ0) is 8.91. The molecule has 0 aromatic rings. The summed E-state index contributed by atoms with van der Waals surface area (Å²) >= 11 is 0. The van der Waals surface area contributed by atoms with Crippen molar-refractivity contribution in [2.45, 2.75) is 13.3 Å². The molecule has 5 heteroatoms. The Bertz CT molecular complexity index is 188. The lowest BCUT2D eigenvalue weighted by Crippen LogP contribution is -2.10. The first-order valence-electron chi connectivity index (χ1n) is 3.37. The highest BCUT2D eigenvalue weighted by Gasteiger charge is 2.11. The minimum atomic E-state index is -3.34. The molecular formula is C6H13ClO3S. The first kappa shape index (κ1) is 11.2. The SMILES string of the molecule is COCCC(C)CS(=O)(=O)Cl. The summed E-state index contributed by atoms with van der Waals surface area (Å²) in [6, 6.07) is 0. The third-order valence-electron chi connectivity index (χ3n) is 1.30. The molecule has 0 saturated heterocycles. The van der Waals surface area contributed by atoms with Gasteiger partial charge in [-0.05, 0) is 12.3 Å². The second kappa shape index (κ2) is 4.95. The van der Waals surface area contributed by atoms with Gasteiger partial charge in [0.25, 0.3) is 0 Å². The van der Waals surface area contributed by atoms with Crippen molar-refractivity contribution in [3.8, 4) is 0 Å². The van der Waals surface area contributed by atoms with Crippen molar-refractivity contribution in [2.24, 2.45) is 5.92 Å². The normalized spacial score (nSPS) is 14.8. The van der Waals surface area contributed by atoms with Crippen molar-refractivity contribution in [1.29, 1.82) is 0 Å². The van der Waals surface area contributed by atoms with Crippen molar-refractivity contribution < 1.29 is 13.2 Å². The van der Waals surface area contributed by atoms with E-state index in [-0.39, 0.29) is 11.7 Å². The van der Waals surface area contributed by atoms with Crippen molar-refractivity contribution in [3.63, 3.8) is 0 Å². The molecule has 0 rings (SSSR count). The molecule has 0 aliphatic rings. The molecule has 1 unspecified atom stereocenters. The highest BCUT2D eigenvalue weighted by atomic mass is 35.7. The van der Waals surface area contributed by atoms with Gasteiger partial charge in [0.15, 0.2) is 0 Å². The smallest absolute Gasteiger partial charge is 0.232 e. The van der Waals surface area contributed by atoms with Gasteiger partial charge in [-0.3, -0.25) is 0 Å². The van der Waals surface area contributed by atoms with Gasteiger partial charge in [-0.1, -0.05) is 6.92 Å². The molecule has 0 N–H and O–H groups in total. The molecule has 0 fully saturated rings. The topological polar surface area (TPSA) is 43.4 Å². The number of halogens is 1. The van der Waals surface area contributed by atoms with Crippen molar-refractivity contribution >= 4 is 19.7 Å².